The number of carbonyl (C=O) groups excluding carboxylic acids is 2. The molecule has 0 aliphatic heterocycles. The van der Waals surface area contributed by atoms with Gasteiger partial charge in [0, 0.05) is 24.0 Å². The van der Waals surface area contributed by atoms with Crippen LogP contribution in [0.25, 0.3) is 0 Å². The van der Waals surface area contributed by atoms with Gasteiger partial charge in [0.25, 0.3) is 5.91 Å². The van der Waals surface area contributed by atoms with Crippen LogP contribution in [0.5, 0.6) is 5.75 Å². The summed E-state index contributed by atoms with van der Waals surface area (Å²) in [7, 11) is 0. The van der Waals surface area contributed by atoms with Crippen molar-refractivity contribution >= 4 is 23.4 Å². The molecule has 1 atom stereocenters. The molecule has 0 unspecified atom stereocenters. The Bertz CT molecular complexity index is 1120. The molecule has 0 aromatic heterocycles. The molecule has 1 saturated carbocycles. The average molecular weight is 505 g/mol. The van der Waals surface area contributed by atoms with Gasteiger partial charge in [0.1, 0.15) is 11.8 Å². The predicted octanol–water partition coefficient (Wildman–Crippen LogP) is 5.81. The first-order valence-corrected chi connectivity index (χ1v) is 13.0. The highest BCUT2D eigenvalue weighted by Gasteiger charge is 2.32. The smallest absolute Gasteiger partial charge is 0.261 e. The fourth-order valence-electron chi connectivity index (χ4n) is 4.67. The summed E-state index contributed by atoms with van der Waals surface area (Å²) in [6, 6.07) is 25.9. The van der Waals surface area contributed by atoms with Crippen molar-refractivity contribution in [1.82, 2.24) is 10.2 Å². The summed E-state index contributed by atoms with van der Waals surface area (Å²) in [6.07, 6.45) is 5.80. The molecule has 3 aromatic carbocycles. The Hall–Kier alpha value is -3.31. The molecule has 36 heavy (non-hydrogen) atoms. The van der Waals surface area contributed by atoms with Crippen molar-refractivity contribution < 1.29 is 14.3 Å². The minimum Gasteiger partial charge on any atom is -0.484 e. The molecular formula is C30H33ClN2O3. The molecule has 1 fully saturated rings. The van der Waals surface area contributed by atoms with Gasteiger partial charge >= 0.3 is 0 Å². The lowest BCUT2D eigenvalue weighted by Gasteiger charge is -2.33. The quantitative estimate of drug-likeness (QED) is 0.379. The number of para-hydroxylation sites is 1. The van der Waals surface area contributed by atoms with Gasteiger partial charge in [0.05, 0.1) is 0 Å². The van der Waals surface area contributed by atoms with Crippen molar-refractivity contribution in [3.8, 4) is 5.75 Å². The van der Waals surface area contributed by atoms with Crippen LogP contribution in [0.2, 0.25) is 5.02 Å². The zero-order valence-electron chi connectivity index (χ0n) is 20.4. The average Bonchev–Trinajstić information content (AvgIpc) is 2.91. The van der Waals surface area contributed by atoms with Crippen LogP contribution in [0.3, 0.4) is 0 Å². The van der Waals surface area contributed by atoms with Gasteiger partial charge < -0.3 is 15.0 Å². The van der Waals surface area contributed by atoms with Gasteiger partial charge in [0.2, 0.25) is 5.91 Å². The van der Waals surface area contributed by atoms with Crippen LogP contribution in [0, 0.1) is 0 Å². The summed E-state index contributed by atoms with van der Waals surface area (Å²) in [5.41, 5.74) is 1.85. The molecule has 2 amide bonds. The third kappa shape index (κ3) is 7.59. The Balaban J connectivity index is 1.60. The molecule has 0 saturated heterocycles. The molecule has 0 radical (unpaired) electrons. The number of carbonyl (C=O) groups is 2. The third-order valence-electron chi connectivity index (χ3n) is 6.57. The first-order valence-electron chi connectivity index (χ1n) is 12.6. The van der Waals surface area contributed by atoms with E-state index in [2.05, 4.69) is 5.32 Å². The third-order valence-corrected chi connectivity index (χ3v) is 6.81. The van der Waals surface area contributed by atoms with Crippen LogP contribution in [0.15, 0.2) is 84.9 Å². The Morgan fingerprint density at radius 2 is 1.56 bits per heavy atom. The highest BCUT2D eigenvalue weighted by molar-refractivity contribution is 6.30. The Morgan fingerprint density at radius 1 is 0.889 bits per heavy atom. The van der Waals surface area contributed by atoms with Crippen molar-refractivity contribution in [2.24, 2.45) is 0 Å². The molecular weight excluding hydrogens is 472 g/mol. The topological polar surface area (TPSA) is 58.6 Å². The van der Waals surface area contributed by atoms with Gasteiger partial charge in [-0.2, -0.15) is 0 Å². The van der Waals surface area contributed by atoms with E-state index in [1.807, 2.05) is 78.9 Å². The number of hydrogen-bond acceptors (Lipinski definition) is 3. The molecule has 188 valence electrons. The van der Waals surface area contributed by atoms with E-state index in [0.717, 1.165) is 36.8 Å². The van der Waals surface area contributed by atoms with Crippen molar-refractivity contribution in [1.29, 1.82) is 0 Å². The fourth-order valence-corrected chi connectivity index (χ4v) is 4.89. The standard InChI is InChI=1S/C30H33ClN2O3/c31-25-14-10-13-24(19-25)21-33(29(34)22-36-27-17-8-3-9-18-27)28(20-23-11-4-1-5-12-23)30(35)32-26-15-6-2-7-16-26/h1,3-5,8-14,17-19,26,28H,2,6-7,15-16,20-22H2,(H,32,35)/t28-/m1/s1. The summed E-state index contributed by atoms with van der Waals surface area (Å²) in [6.45, 7) is 0.0969. The molecule has 1 aliphatic carbocycles. The maximum Gasteiger partial charge on any atom is 0.261 e. The number of hydrogen-bond donors (Lipinski definition) is 1. The first-order chi connectivity index (χ1) is 17.6. The zero-order valence-corrected chi connectivity index (χ0v) is 21.2. The van der Waals surface area contributed by atoms with E-state index in [9.17, 15) is 9.59 Å². The Kier molecular flexibility index (Phi) is 9.40. The summed E-state index contributed by atoms with van der Waals surface area (Å²) >= 11 is 6.24. The minimum atomic E-state index is -0.680. The second kappa shape index (κ2) is 13.1. The van der Waals surface area contributed by atoms with Crippen LogP contribution in [0.4, 0.5) is 0 Å². The van der Waals surface area contributed by atoms with Gasteiger partial charge in [-0.25, -0.2) is 0 Å². The number of halogens is 1. The van der Waals surface area contributed by atoms with Crippen LogP contribution >= 0.6 is 11.6 Å². The summed E-state index contributed by atoms with van der Waals surface area (Å²) < 4.78 is 5.79. The Labute approximate surface area is 218 Å². The van der Waals surface area contributed by atoms with Crippen LogP contribution < -0.4 is 10.1 Å². The van der Waals surface area contributed by atoms with E-state index in [1.165, 1.54) is 6.42 Å². The van der Waals surface area contributed by atoms with E-state index < -0.39 is 6.04 Å². The van der Waals surface area contributed by atoms with Crippen molar-refractivity contribution in [2.45, 2.75) is 57.2 Å². The SMILES string of the molecule is O=C(NC1CCCCC1)[C@@H](Cc1ccccc1)N(Cc1cccc(Cl)c1)C(=O)COc1ccccc1. The summed E-state index contributed by atoms with van der Waals surface area (Å²) in [4.78, 5) is 29.0. The molecule has 3 aromatic rings. The Morgan fingerprint density at radius 3 is 2.25 bits per heavy atom. The van der Waals surface area contributed by atoms with Gasteiger partial charge in [0.15, 0.2) is 6.61 Å². The molecule has 6 heteroatoms. The lowest BCUT2D eigenvalue weighted by Crippen LogP contribution is -2.53. The molecule has 0 heterocycles. The first kappa shape index (κ1) is 25.8. The normalized spacial score (nSPS) is 14.6. The molecule has 1 aliphatic rings. The number of amides is 2. The van der Waals surface area contributed by atoms with E-state index in [0.29, 0.717) is 17.2 Å². The number of rotatable bonds is 10. The van der Waals surface area contributed by atoms with E-state index in [-0.39, 0.29) is 31.0 Å². The van der Waals surface area contributed by atoms with Crippen molar-refractivity contribution in [2.75, 3.05) is 6.61 Å². The minimum absolute atomic E-state index is 0.124. The van der Waals surface area contributed by atoms with Crippen molar-refractivity contribution in [3.63, 3.8) is 0 Å². The van der Waals surface area contributed by atoms with Gasteiger partial charge in [-0.1, -0.05) is 91.5 Å². The van der Waals surface area contributed by atoms with E-state index >= 15 is 0 Å². The lowest BCUT2D eigenvalue weighted by atomic mass is 9.94. The van der Waals surface area contributed by atoms with Gasteiger partial charge in [-0.3, -0.25) is 9.59 Å². The number of nitrogens with one attached hydrogen (secondary N) is 1. The van der Waals surface area contributed by atoms with Crippen molar-refractivity contribution in [3.05, 3.63) is 101 Å². The number of benzene rings is 3. The molecule has 5 nitrogen and oxygen atoms in total. The zero-order chi connectivity index (χ0) is 25.2. The van der Waals surface area contributed by atoms with Crippen LogP contribution in [-0.4, -0.2) is 35.4 Å². The van der Waals surface area contributed by atoms with E-state index in [4.69, 9.17) is 16.3 Å². The monoisotopic (exact) mass is 504 g/mol. The fraction of sp³-hybridized carbons (Fsp3) is 0.333. The molecule has 0 bridgehead atoms. The van der Waals surface area contributed by atoms with Crippen LogP contribution in [-0.2, 0) is 22.6 Å². The van der Waals surface area contributed by atoms with E-state index in [1.54, 1.807) is 11.0 Å². The highest BCUT2D eigenvalue weighted by atomic mass is 35.5. The second-order valence-corrected chi connectivity index (χ2v) is 9.74. The molecule has 4 rings (SSSR count). The van der Waals surface area contributed by atoms with Crippen LogP contribution in [0.1, 0.15) is 43.2 Å². The predicted molar refractivity (Wildman–Crippen MR) is 143 cm³/mol. The molecule has 0 spiro atoms. The largest absolute Gasteiger partial charge is 0.484 e. The number of nitrogens with zero attached hydrogens (tertiary/aromatic N) is 1. The summed E-state index contributed by atoms with van der Waals surface area (Å²) in [5, 5.41) is 3.84. The maximum absolute atomic E-state index is 13.7. The summed E-state index contributed by atoms with van der Waals surface area (Å²) in [5.74, 6) is 0.235. The highest BCUT2D eigenvalue weighted by Crippen LogP contribution is 2.21. The number of ether oxygens (including phenoxy) is 1. The van der Waals surface area contributed by atoms with Gasteiger partial charge in [-0.05, 0) is 48.2 Å². The molecule has 1 N–H and O–H groups in total. The maximum atomic E-state index is 13.7. The lowest BCUT2D eigenvalue weighted by molar-refractivity contribution is -0.143. The second-order valence-electron chi connectivity index (χ2n) is 9.30. The van der Waals surface area contributed by atoms with Gasteiger partial charge in [-0.15, -0.1) is 0 Å².